The molecule has 4 fully saturated rings. The molecule has 4 aliphatic heterocycles. The Morgan fingerprint density at radius 3 is 1.17 bits per heavy atom. The number of hydrogen-bond acceptors (Lipinski definition) is 19. The minimum atomic E-state index is -3.71. The van der Waals surface area contributed by atoms with Crippen LogP contribution in [0.5, 0.6) is 46.3 Å². The lowest BCUT2D eigenvalue weighted by Crippen LogP contribution is -2.41. The van der Waals surface area contributed by atoms with Gasteiger partial charge in [0.15, 0.2) is 34.5 Å². The van der Waals surface area contributed by atoms with Gasteiger partial charge in [-0.2, -0.15) is 0 Å². The lowest BCUT2D eigenvalue weighted by atomic mass is 9.78. The van der Waals surface area contributed by atoms with Crippen LogP contribution in [-0.4, -0.2) is 99.0 Å². The number of nitrogens with one attached hydrogen (secondary N) is 4. The summed E-state index contributed by atoms with van der Waals surface area (Å²) in [5.41, 5.74) is 7.25. The van der Waals surface area contributed by atoms with E-state index in [4.69, 9.17) is 30.4 Å². The number of halogens is 8. The molecule has 9 aromatic rings. The second-order valence-electron chi connectivity index (χ2n) is 28.2. The number of anilines is 3. The topological polar surface area (TPSA) is 277 Å². The molecule has 0 atom stereocenters. The number of carbonyl (C=O) groups excluding carboxylic acids is 3. The number of aromatic nitrogens is 6. The lowest BCUT2D eigenvalue weighted by molar-refractivity contribution is -0.287. The first-order chi connectivity index (χ1) is 50.9. The Balaban J connectivity index is 0.000000138. The zero-order chi connectivity index (χ0) is 77.4. The van der Waals surface area contributed by atoms with Gasteiger partial charge in [0.1, 0.15) is 22.6 Å². The maximum atomic E-state index is 13.4. The first-order valence-electron chi connectivity index (χ1n) is 34.2. The summed E-state index contributed by atoms with van der Waals surface area (Å²) >= 11 is 5.91. The Morgan fingerprint density at radius 1 is 0.450 bits per heavy atom. The number of methoxy groups -OCH3 is 2. The normalized spacial score (nSPS) is 17.9. The first-order valence-corrected chi connectivity index (χ1v) is 34.6. The van der Waals surface area contributed by atoms with E-state index in [0.717, 1.165) is 44.7 Å². The number of ether oxygens (including phenoxy) is 8. The van der Waals surface area contributed by atoms with Gasteiger partial charge < -0.3 is 68.1 Å². The van der Waals surface area contributed by atoms with Crippen molar-refractivity contribution < 1.29 is 87.9 Å². The molecule has 4 N–H and O–H groups in total. The number of aryl methyl sites for hydroxylation is 6. The van der Waals surface area contributed by atoms with Crippen LogP contribution in [0.15, 0.2) is 132 Å². The molecule has 570 valence electrons. The van der Waals surface area contributed by atoms with Gasteiger partial charge in [0.25, 0.3) is 0 Å². The second-order valence-corrected chi connectivity index (χ2v) is 28.6. The summed E-state index contributed by atoms with van der Waals surface area (Å²) in [7, 11) is 2.80. The van der Waals surface area contributed by atoms with Crippen molar-refractivity contribution in [2.75, 3.05) is 30.2 Å². The molecule has 0 unspecified atom stereocenters. The molecule has 3 amide bonds. The Bertz CT molecular complexity index is 5120. The fourth-order valence-corrected chi connectivity index (χ4v) is 13.1. The molecule has 16 rings (SSSR count). The maximum absolute atomic E-state index is 13.4. The molecule has 3 aliphatic carbocycles. The molecule has 7 aliphatic rings. The third kappa shape index (κ3) is 16.5. The summed E-state index contributed by atoms with van der Waals surface area (Å²) in [5.74, 6) is 1.08. The van der Waals surface area contributed by atoms with Gasteiger partial charge in [-0.3, -0.25) is 19.2 Å². The molecule has 10 heterocycles. The molecule has 0 spiro atoms. The number of alkyl halides is 6. The van der Waals surface area contributed by atoms with E-state index in [-0.39, 0.29) is 93.7 Å². The summed E-state index contributed by atoms with van der Waals surface area (Å²) in [6.45, 7) is 19.4. The SMILES string of the molecule is COc1ccc(-c2cc(C)cc(NC(=O)C3(c4ccc5c(c4)OC(F)(F)O5)CC3)n2)c(C)n1.COc1ccc(B2OC(C)(C)C(C)(C)O2)c(C)n1.Cc1cc(Cl)nc(NC(=O)C2(c3ccc4c(c3)OC(F)(F)O4)CC2)c1.Cc1cc(NC(=O)C2(c3ccc4c(c3)OC(F)(F)O4)CC2)nc(-c2ccc(=O)[nH]c2C)c1.Cl. The van der Waals surface area contributed by atoms with Crippen LogP contribution in [0, 0.1) is 41.5 Å². The number of carbonyl (C=O) groups is 3. The molecule has 3 saturated carbocycles. The molecule has 0 bridgehead atoms. The fraction of sp³-hybridized carbons (Fsp3) is 0.338. The van der Waals surface area contributed by atoms with Gasteiger partial charge in [0.2, 0.25) is 35.0 Å². The molecule has 3 aromatic carbocycles. The van der Waals surface area contributed by atoms with E-state index in [1.165, 1.54) is 42.5 Å². The van der Waals surface area contributed by atoms with Crippen LogP contribution in [-0.2, 0) is 39.9 Å². The van der Waals surface area contributed by atoms with E-state index in [2.05, 4.69) is 74.3 Å². The van der Waals surface area contributed by atoms with Gasteiger partial charge in [-0.15, -0.1) is 38.7 Å². The number of benzene rings is 3. The highest BCUT2D eigenvalue weighted by Gasteiger charge is 2.57. The number of nitrogens with zero attached hydrogens (tertiary/aromatic N) is 5. The molecule has 1 saturated heterocycles. The summed E-state index contributed by atoms with van der Waals surface area (Å²) in [6, 6.07) is 34.5. The van der Waals surface area contributed by atoms with E-state index >= 15 is 0 Å². The van der Waals surface area contributed by atoms with Crippen molar-refractivity contribution in [3.05, 3.63) is 193 Å². The van der Waals surface area contributed by atoms with Crippen LogP contribution in [0.2, 0.25) is 5.15 Å². The third-order valence-electron chi connectivity index (χ3n) is 19.8. The molecule has 109 heavy (non-hydrogen) atoms. The predicted molar refractivity (Wildman–Crippen MR) is 392 cm³/mol. The van der Waals surface area contributed by atoms with Crippen LogP contribution in [0.3, 0.4) is 0 Å². The van der Waals surface area contributed by atoms with Crippen LogP contribution in [0.4, 0.5) is 43.8 Å². The summed E-state index contributed by atoms with van der Waals surface area (Å²) in [4.78, 5) is 75.4. The van der Waals surface area contributed by atoms with Gasteiger partial charge >= 0.3 is 26.0 Å². The number of fused-ring (bicyclic) bond motifs is 3. The number of amides is 3. The van der Waals surface area contributed by atoms with E-state index < -0.39 is 35.1 Å². The van der Waals surface area contributed by atoms with Crippen LogP contribution >= 0.6 is 24.0 Å². The minimum absolute atomic E-state index is 0. The van der Waals surface area contributed by atoms with E-state index in [1.54, 1.807) is 75.7 Å². The van der Waals surface area contributed by atoms with Crippen molar-refractivity contribution in [2.45, 2.75) is 154 Å². The highest BCUT2D eigenvalue weighted by Crippen LogP contribution is 2.56. The van der Waals surface area contributed by atoms with Gasteiger partial charge in [-0.05, 0) is 232 Å². The van der Waals surface area contributed by atoms with E-state index in [0.29, 0.717) is 102 Å². The van der Waals surface area contributed by atoms with Crippen molar-refractivity contribution in [3.8, 4) is 68.8 Å². The molecule has 0 radical (unpaired) electrons. The van der Waals surface area contributed by atoms with E-state index in [1.807, 2.05) is 92.6 Å². The van der Waals surface area contributed by atoms with Gasteiger partial charge in [0.05, 0.1) is 58.7 Å². The Hall–Kier alpha value is -10.7. The maximum Gasteiger partial charge on any atom is 0.586 e. The second kappa shape index (κ2) is 29.0. The zero-order valence-corrected chi connectivity index (χ0v) is 62.5. The number of hydrogen-bond donors (Lipinski definition) is 4. The van der Waals surface area contributed by atoms with Gasteiger partial charge in [-0.1, -0.05) is 35.9 Å². The summed E-state index contributed by atoms with van der Waals surface area (Å²) in [5, 5.41) is 8.81. The van der Waals surface area contributed by atoms with Crippen LogP contribution < -0.4 is 64.9 Å². The van der Waals surface area contributed by atoms with Crippen molar-refractivity contribution in [1.82, 2.24) is 29.9 Å². The van der Waals surface area contributed by atoms with Crippen molar-refractivity contribution >= 4 is 71.8 Å². The first kappa shape index (κ1) is 77.9. The molecule has 32 heteroatoms. The van der Waals surface area contributed by atoms with Crippen molar-refractivity contribution in [2.24, 2.45) is 0 Å². The highest BCUT2D eigenvalue weighted by atomic mass is 35.5. The number of aromatic amines is 1. The molecular formula is C77H74BCl2F6N9O14. The summed E-state index contributed by atoms with van der Waals surface area (Å²) in [6.07, 6.45) is -7.54. The standard InChI is InChI=1S/C24H21F2N3O4.C23H19F2N3O4.C17H13ClF2N2O3.C13H20BNO3.ClH/c1-13-10-17(16-5-7-21(31-3)27-14(16)2)28-20(11-13)29-22(30)23(8-9-23)15-4-6-18-19(12-15)33-24(25,26)32-18;1-12-9-16(15-4-6-20(29)26-13(15)2)27-19(10-12)28-21(30)22(7-8-22)14-3-5-17-18(11-14)32-23(24,25)31-17;1-9-6-13(18)21-14(7-9)22-15(23)16(4-5-16)10-2-3-11-12(8-10)25-17(19,20)24-11;1-9-10(7-8-11(15-9)16-6)14-17-12(2,3)13(4,5)18-14;/h4-7,10-12H,8-9H2,1-3H3,(H,28,29,30);3-6,9-11H,7-8H2,1-2H3,(H,26,29)(H,27,28,30);2-3,6-8H,4-5H2,1H3,(H,21,22,23);7-8H,1-6H3;1H. The number of rotatable bonds is 14. The molecular weight excluding hydrogens is 1470 g/mol. The third-order valence-corrected chi connectivity index (χ3v) is 20.0. The molecule has 23 nitrogen and oxygen atoms in total. The zero-order valence-electron chi connectivity index (χ0n) is 60.9. The number of H-pyrrole nitrogens is 1. The average Bonchev–Trinajstić information content (AvgIpc) is 2.18. The quantitative estimate of drug-likeness (QED) is 0.0447. The Kier molecular flexibility index (Phi) is 20.8. The largest absolute Gasteiger partial charge is 0.586 e. The average molecular weight is 1550 g/mol. The molecule has 6 aromatic heterocycles. The monoisotopic (exact) mass is 1540 g/mol. The minimum Gasteiger partial charge on any atom is -0.481 e. The van der Waals surface area contributed by atoms with E-state index in [9.17, 15) is 45.5 Å². The van der Waals surface area contributed by atoms with Crippen molar-refractivity contribution in [3.63, 3.8) is 0 Å². The lowest BCUT2D eigenvalue weighted by Gasteiger charge is -2.32. The van der Waals surface area contributed by atoms with Crippen molar-refractivity contribution in [1.29, 1.82) is 0 Å². The smallest absolute Gasteiger partial charge is 0.481 e. The summed E-state index contributed by atoms with van der Waals surface area (Å²) < 4.78 is 129. The Labute approximate surface area is 633 Å². The van der Waals surface area contributed by atoms with Crippen LogP contribution in [0.1, 0.15) is 117 Å². The highest BCUT2D eigenvalue weighted by molar-refractivity contribution is 6.62. The van der Waals surface area contributed by atoms with Gasteiger partial charge in [0, 0.05) is 40.1 Å². The predicted octanol–water partition coefficient (Wildman–Crippen LogP) is 15.0. The number of pyridine rings is 6. The Morgan fingerprint density at radius 2 is 0.807 bits per heavy atom. The fourth-order valence-electron chi connectivity index (χ4n) is 12.9. The van der Waals surface area contributed by atoms with Crippen LogP contribution in [0.25, 0.3) is 22.5 Å². The van der Waals surface area contributed by atoms with Gasteiger partial charge in [-0.25, -0.2) is 24.9 Å².